The maximum Gasteiger partial charge on any atom is 0.417 e. The number of alkyl halides is 3. The molecule has 0 fully saturated rings. The summed E-state index contributed by atoms with van der Waals surface area (Å²) in [5, 5.41) is 8.74. The number of hydrogen-bond acceptors (Lipinski definition) is 5. The molecule has 154 valence electrons. The highest BCUT2D eigenvalue weighted by atomic mass is 32.2. The fraction of sp³-hybridized carbons (Fsp3) is 0.263. The highest BCUT2D eigenvalue weighted by Gasteiger charge is 2.38. The third-order valence-electron chi connectivity index (χ3n) is 3.74. The van der Waals surface area contributed by atoms with Crippen molar-refractivity contribution in [3.8, 4) is 11.8 Å². The van der Waals surface area contributed by atoms with E-state index in [1.54, 1.807) is 16.9 Å². The van der Waals surface area contributed by atoms with Crippen LogP contribution in [0.2, 0.25) is 0 Å². The molecule has 0 bridgehead atoms. The molecule has 0 saturated carbocycles. The van der Waals surface area contributed by atoms with Gasteiger partial charge in [0.25, 0.3) is 10.0 Å². The van der Waals surface area contributed by atoms with Crippen LogP contribution >= 0.6 is 0 Å². The number of amides is 1. The number of benzene rings is 2. The van der Waals surface area contributed by atoms with Gasteiger partial charge in [0.1, 0.15) is 5.75 Å². The van der Waals surface area contributed by atoms with E-state index < -0.39 is 32.6 Å². The molecule has 0 saturated heterocycles. The van der Waals surface area contributed by atoms with Gasteiger partial charge in [-0.25, -0.2) is 13.1 Å². The Morgan fingerprint density at radius 3 is 2.31 bits per heavy atom. The summed E-state index contributed by atoms with van der Waals surface area (Å²) < 4.78 is 71.1. The molecule has 10 heteroatoms. The second-order valence-corrected chi connectivity index (χ2v) is 7.92. The second-order valence-electron chi connectivity index (χ2n) is 6.27. The Bertz CT molecular complexity index is 1050. The average Bonchev–Trinajstić information content (AvgIpc) is 2.59. The highest BCUT2D eigenvalue weighted by molar-refractivity contribution is 7.90. The molecule has 0 aliphatic rings. The van der Waals surface area contributed by atoms with Gasteiger partial charge in [-0.15, -0.1) is 0 Å². The minimum Gasteiger partial charge on any atom is -0.493 e. The zero-order chi connectivity index (χ0) is 21.8. The molecule has 0 heterocycles. The molecule has 6 nitrogen and oxygen atoms in total. The standard InChI is InChI=1S/C19H17F3N2O4S/c1-12-7-13(2)9-15(8-12)28-6-5-18(25)24-29(26,27)17-4-3-14(11-23)10-16(17)19(20,21)22/h3-4,7-10H,5-6H2,1-2H3,(H,24,25). The van der Waals surface area contributed by atoms with Gasteiger partial charge in [-0.1, -0.05) is 6.07 Å². The summed E-state index contributed by atoms with van der Waals surface area (Å²) in [7, 11) is -4.79. The summed E-state index contributed by atoms with van der Waals surface area (Å²) in [6.07, 6.45) is -5.41. The fourth-order valence-corrected chi connectivity index (χ4v) is 3.81. The Morgan fingerprint density at radius 2 is 1.76 bits per heavy atom. The molecule has 0 aliphatic carbocycles. The molecule has 29 heavy (non-hydrogen) atoms. The Hall–Kier alpha value is -3.06. The molecule has 0 aliphatic heterocycles. The van der Waals surface area contributed by atoms with E-state index >= 15 is 0 Å². The maximum atomic E-state index is 13.2. The lowest BCUT2D eigenvalue weighted by Crippen LogP contribution is -2.33. The van der Waals surface area contributed by atoms with Crippen LogP contribution in [0.3, 0.4) is 0 Å². The maximum absolute atomic E-state index is 13.2. The van der Waals surface area contributed by atoms with Crippen molar-refractivity contribution in [1.29, 1.82) is 5.26 Å². The molecular weight excluding hydrogens is 409 g/mol. The molecular formula is C19H17F3N2O4S. The summed E-state index contributed by atoms with van der Waals surface area (Å²) >= 11 is 0. The second kappa shape index (κ2) is 8.53. The third kappa shape index (κ3) is 5.96. The van der Waals surface area contributed by atoms with Crippen LogP contribution in [0.5, 0.6) is 5.75 Å². The normalized spacial score (nSPS) is 11.6. The first-order valence-electron chi connectivity index (χ1n) is 8.30. The zero-order valence-corrected chi connectivity index (χ0v) is 16.3. The monoisotopic (exact) mass is 426 g/mol. The Balaban J connectivity index is 2.11. The van der Waals surface area contributed by atoms with Gasteiger partial charge >= 0.3 is 6.18 Å². The van der Waals surface area contributed by atoms with E-state index in [4.69, 9.17) is 10.00 Å². The number of hydrogen-bond donors (Lipinski definition) is 1. The first-order chi connectivity index (χ1) is 13.4. The van der Waals surface area contributed by atoms with E-state index in [2.05, 4.69) is 0 Å². The number of carbonyl (C=O) groups excluding carboxylic acids is 1. The Labute approximate surface area is 166 Å². The van der Waals surface area contributed by atoms with E-state index in [1.807, 2.05) is 19.9 Å². The van der Waals surface area contributed by atoms with Crippen molar-refractivity contribution in [2.24, 2.45) is 0 Å². The molecule has 2 rings (SSSR count). The lowest BCUT2D eigenvalue weighted by molar-refractivity contribution is -0.140. The van der Waals surface area contributed by atoms with Crippen LogP contribution in [0.4, 0.5) is 13.2 Å². The van der Waals surface area contributed by atoms with E-state index in [1.165, 1.54) is 6.07 Å². The average molecular weight is 426 g/mol. The van der Waals surface area contributed by atoms with Crippen LogP contribution in [0.15, 0.2) is 41.3 Å². The van der Waals surface area contributed by atoms with Gasteiger partial charge in [0.2, 0.25) is 5.91 Å². The van der Waals surface area contributed by atoms with Gasteiger partial charge in [0.15, 0.2) is 0 Å². The minimum absolute atomic E-state index is 0.163. The number of nitrogens with zero attached hydrogens (tertiary/aromatic N) is 1. The number of aryl methyl sites for hydroxylation is 2. The van der Waals surface area contributed by atoms with Gasteiger partial charge in [-0.3, -0.25) is 4.79 Å². The third-order valence-corrected chi connectivity index (χ3v) is 5.18. The van der Waals surface area contributed by atoms with Crippen LogP contribution in [0.1, 0.15) is 28.7 Å². The zero-order valence-electron chi connectivity index (χ0n) is 15.5. The molecule has 0 spiro atoms. The molecule has 2 aromatic carbocycles. The predicted octanol–water partition coefficient (Wildman–Crippen LogP) is 3.47. The largest absolute Gasteiger partial charge is 0.493 e. The van der Waals surface area contributed by atoms with Crippen molar-refractivity contribution in [2.45, 2.75) is 31.3 Å². The Kier molecular flexibility index (Phi) is 6.54. The molecule has 1 amide bonds. The van der Waals surface area contributed by atoms with Gasteiger partial charge in [0.05, 0.1) is 35.1 Å². The Morgan fingerprint density at radius 1 is 1.14 bits per heavy atom. The quantitative estimate of drug-likeness (QED) is 0.763. The minimum atomic E-state index is -5.02. The summed E-state index contributed by atoms with van der Waals surface area (Å²) in [6.45, 7) is 3.55. The van der Waals surface area contributed by atoms with Gasteiger partial charge < -0.3 is 4.74 Å². The number of carbonyl (C=O) groups is 1. The fourth-order valence-electron chi connectivity index (χ4n) is 2.59. The van der Waals surface area contributed by atoms with Gasteiger partial charge in [0, 0.05) is 0 Å². The van der Waals surface area contributed by atoms with E-state index in [-0.39, 0.29) is 18.6 Å². The van der Waals surface area contributed by atoms with E-state index in [0.717, 1.165) is 17.2 Å². The van der Waals surface area contributed by atoms with Gasteiger partial charge in [-0.05, 0) is 55.3 Å². The SMILES string of the molecule is Cc1cc(C)cc(OCCC(=O)NS(=O)(=O)c2ccc(C#N)cc2C(F)(F)F)c1. The molecule has 0 unspecified atom stereocenters. The molecule has 2 aromatic rings. The van der Waals surface area contributed by atoms with Crippen molar-refractivity contribution >= 4 is 15.9 Å². The van der Waals surface area contributed by atoms with Crippen molar-refractivity contribution in [2.75, 3.05) is 6.61 Å². The van der Waals surface area contributed by atoms with Crippen LogP contribution in [-0.2, 0) is 21.0 Å². The summed E-state index contributed by atoms with van der Waals surface area (Å²) in [5.41, 5.74) is -0.00663. The highest BCUT2D eigenvalue weighted by Crippen LogP contribution is 2.34. The van der Waals surface area contributed by atoms with Crippen LogP contribution in [0, 0.1) is 25.2 Å². The predicted molar refractivity (Wildman–Crippen MR) is 97.5 cm³/mol. The number of halogens is 3. The lowest BCUT2D eigenvalue weighted by Gasteiger charge is -2.14. The summed E-state index contributed by atoms with van der Waals surface area (Å²) in [6, 6.07) is 8.88. The van der Waals surface area contributed by atoms with Crippen LogP contribution < -0.4 is 9.46 Å². The van der Waals surface area contributed by atoms with Crippen molar-refractivity contribution in [3.63, 3.8) is 0 Å². The first kappa shape index (κ1) is 22.2. The molecule has 0 radical (unpaired) electrons. The number of nitrogens with one attached hydrogen (secondary N) is 1. The number of sulfonamides is 1. The van der Waals surface area contributed by atoms with Crippen molar-refractivity contribution in [3.05, 3.63) is 58.7 Å². The molecule has 0 atom stereocenters. The summed E-state index contributed by atoms with van der Waals surface area (Å²) in [4.78, 5) is 10.8. The van der Waals surface area contributed by atoms with E-state index in [0.29, 0.717) is 17.9 Å². The smallest absolute Gasteiger partial charge is 0.417 e. The van der Waals surface area contributed by atoms with Crippen LogP contribution in [-0.4, -0.2) is 20.9 Å². The molecule has 0 aromatic heterocycles. The van der Waals surface area contributed by atoms with Crippen molar-refractivity contribution in [1.82, 2.24) is 4.72 Å². The van der Waals surface area contributed by atoms with E-state index in [9.17, 15) is 26.4 Å². The van der Waals surface area contributed by atoms with Crippen LogP contribution in [0.25, 0.3) is 0 Å². The lowest BCUT2D eigenvalue weighted by atomic mass is 10.1. The number of nitriles is 1. The number of rotatable bonds is 6. The topological polar surface area (TPSA) is 96.3 Å². The number of ether oxygens (including phenoxy) is 1. The molecule has 1 N–H and O–H groups in total. The van der Waals surface area contributed by atoms with Gasteiger partial charge in [-0.2, -0.15) is 18.4 Å². The summed E-state index contributed by atoms with van der Waals surface area (Å²) in [5.74, 6) is -0.531. The van der Waals surface area contributed by atoms with Crippen molar-refractivity contribution < 1.29 is 31.1 Å². The first-order valence-corrected chi connectivity index (χ1v) is 9.79.